The van der Waals surface area contributed by atoms with Crippen molar-refractivity contribution in [3.8, 4) is 11.5 Å². The standard InChI is InChI=1S/C27H38S2Si/c1-6-8-10-12-14-22-23(15-13-11-9-7-2)27-25(24-16-18-28-26(22)24)20-21(29-27)17-19-30(3,4)5/h16,18,20H,6-15H2,1-5H3. The van der Waals surface area contributed by atoms with Crippen molar-refractivity contribution in [3.63, 3.8) is 0 Å². The number of aryl methyl sites for hydroxylation is 2. The molecule has 0 saturated heterocycles. The Balaban J connectivity index is 2.07. The summed E-state index contributed by atoms with van der Waals surface area (Å²) in [6.45, 7) is 11.6. The molecule has 0 atom stereocenters. The predicted octanol–water partition coefficient (Wildman–Crippen LogP) is 9.59. The second-order valence-corrected chi connectivity index (χ2v) is 16.3. The number of hydrogen-bond acceptors (Lipinski definition) is 2. The lowest BCUT2D eigenvalue weighted by Crippen LogP contribution is -2.16. The van der Waals surface area contributed by atoms with Crippen molar-refractivity contribution >= 4 is 50.9 Å². The van der Waals surface area contributed by atoms with Crippen LogP contribution in [0.25, 0.3) is 20.2 Å². The summed E-state index contributed by atoms with van der Waals surface area (Å²) >= 11 is 3.91. The van der Waals surface area contributed by atoms with E-state index in [0.717, 1.165) is 0 Å². The van der Waals surface area contributed by atoms with Crippen LogP contribution in [0, 0.1) is 11.5 Å². The molecule has 162 valence electrons. The molecule has 0 amide bonds. The van der Waals surface area contributed by atoms with Gasteiger partial charge in [0.25, 0.3) is 0 Å². The summed E-state index contributed by atoms with van der Waals surface area (Å²) < 4.78 is 3.08. The molecule has 3 rings (SSSR count). The van der Waals surface area contributed by atoms with Gasteiger partial charge in [0.15, 0.2) is 0 Å². The van der Waals surface area contributed by atoms with Crippen LogP contribution in [0.3, 0.4) is 0 Å². The quantitative estimate of drug-likeness (QED) is 0.162. The third kappa shape index (κ3) is 5.99. The van der Waals surface area contributed by atoms with E-state index in [1.807, 2.05) is 22.7 Å². The maximum absolute atomic E-state index is 3.59. The van der Waals surface area contributed by atoms with Gasteiger partial charge in [0.05, 0.1) is 4.88 Å². The Bertz CT molecular complexity index is 1020. The minimum Gasteiger partial charge on any atom is -0.143 e. The zero-order valence-corrected chi connectivity index (χ0v) is 22.3. The Morgan fingerprint density at radius 2 is 1.43 bits per heavy atom. The van der Waals surface area contributed by atoms with Gasteiger partial charge in [-0.1, -0.05) is 77.9 Å². The number of unbranched alkanes of at least 4 members (excludes halogenated alkanes) is 6. The second kappa shape index (κ2) is 11.0. The lowest BCUT2D eigenvalue weighted by Gasteiger charge is -2.13. The molecule has 0 aliphatic rings. The van der Waals surface area contributed by atoms with Gasteiger partial charge in [0.2, 0.25) is 0 Å². The van der Waals surface area contributed by atoms with Gasteiger partial charge in [-0.3, -0.25) is 0 Å². The Morgan fingerprint density at radius 1 is 0.800 bits per heavy atom. The van der Waals surface area contributed by atoms with Gasteiger partial charge in [-0.2, -0.15) is 0 Å². The van der Waals surface area contributed by atoms with E-state index in [4.69, 9.17) is 0 Å². The van der Waals surface area contributed by atoms with Crippen molar-refractivity contribution in [1.29, 1.82) is 0 Å². The summed E-state index contributed by atoms with van der Waals surface area (Å²) in [4.78, 5) is 1.26. The minimum absolute atomic E-state index is 1.23. The molecule has 0 radical (unpaired) electrons. The fourth-order valence-electron chi connectivity index (χ4n) is 4.14. The Labute approximate surface area is 193 Å². The minimum atomic E-state index is -1.36. The largest absolute Gasteiger partial charge is 0.143 e. The molecule has 0 saturated carbocycles. The number of thiophene rings is 2. The topological polar surface area (TPSA) is 0 Å². The molecule has 1 aromatic carbocycles. The van der Waals surface area contributed by atoms with E-state index in [1.54, 1.807) is 15.8 Å². The molecule has 3 heteroatoms. The highest BCUT2D eigenvalue weighted by Gasteiger charge is 2.18. The van der Waals surface area contributed by atoms with Crippen molar-refractivity contribution in [1.82, 2.24) is 0 Å². The Morgan fingerprint density at radius 3 is 2.03 bits per heavy atom. The van der Waals surface area contributed by atoms with E-state index < -0.39 is 8.07 Å². The number of hydrogen-bond donors (Lipinski definition) is 0. The smallest absolute Gasteiger partial charge is 0.129 e. The fraction of sp³-hybridized carbons (Fsp3) is 0.556. The van der Waals surface area contributed by atoms with Crippen molar-refractivity contribution in [3.05, 3.63) is 33.5 Å². The summed E-state index contributed by atoms with van der Waals surface area (Å²) in [7, 11) is -1.36. The van der Waals surface area contributed by atoms with Crippen LogP contribution in [0.2, 0.25) is 19.6 Å². The molecule has 0 spiro atoms. The highest BCUT2D eigenvalue weighted by Crippen LogP contribution is 2.41. The maximum Gasteiger partial charge on any atom is 0.129 e. The zero-order valence-electron chi connectivity index (χ0n) is 19.6. The monoisotopic (exact) mass is 454 g/mol. The van der Waals surface area contributed by atoms with Crippen LogP contribution in [0.4, 0.5) is 0 Å². The third-order valence-corrected chi connectivity index (χ3v) is 8.68. The molecule has 0 fully saturated rings. The first-order valence-electron chi connectivity index (χ1n) is 11.9. The summed E-state index contributed by atoms with van der Waals surface area (Å²) in [6.07, 6.45) is 13.1. The molecule has 0 aliphatic carbocycles. The van der Waals surface area contributed by atoms with E-state index in [2.05, 4.69) is 62.5 Å². The summed E-state index contributed by atoms with van der Waals surface area (Å²) in [5, 5.41) is 5.22. The molecule has 3 aromatic rings. The van der Waals surface area contributed by atoms with Gasteiger partial charge in [-0.05, 0) is 54.3 Å². The van der Waals surface area contributed by atoms with Crippen LogP contribution in [-0.2, 0) is 12.8 Å². The molecule has 30 heavy (non-hydrogen) atoms. The first-order valence-corrected chi connectivity index (χ1v) is 17.1. The SMILES string of the molecule is CCCCCCc1c(CCCCCC)c2sc(C#C[Si](C)(C)C)cc2c2ccsc12. The number of rotatable bonds is 10. The fourth-order valence-corrected chi connectivity index (χ4v) is 6.88. The van der Waals surface area contributed by atoms with Gasteiger partial charge in [-0.15, -0.1) is 28.2 Å². The molecular weight excluding hydrogens is 417 g/mol. The van der Waals surface area contributed by atoms with E-state index in [0.29, 0.717) is 0 Å². The summed E-state index contributed by atoms with van der Waals surface area (Å²) in [5.74, 6) is 3.55. The molecule has 2 heterocycles. The van der Waals surface area contributed by atoms with E-state index >= 15 is 0 Å². The normalized spacial score (nSPS) is 11.9. The zero-order chi connectivity index (χ0) is 21.6. The van der Waals surface area contributed by atoms with Gasteiger partial charge in [0, 0.05) is 20.2 Å². The lowest BCUT2D eigenvalue weighted by atomic mass is 9.93. The molecule has 0 bridgehead atoms. The van der Waals surface area contributed by atoms with Crippen LogP contribution in [-0.4, -0.2) is 8.07 Å². The molecule has 0 aliphatic heterocycles. The highest BCUT2D eigenvalue weighted by molar-refractivity contribution is 7.21. The number of benzene rings is 1. The van der Waals surface area contributed by atoms with Crippen molar-refractivity contribution in [2.75, 3.05) is 0 Å². The molecule has 2 aromatic heterocycles. The van der Waals surface area contributed by atoms with Crippen LogP contribution in [0.15, 0.2) is 17.5 Å². The van der Waals surface area contributed by atoms with Crippen LogP contribution < -0.4 is 0 Å². The van der Waals surface area contributed by atoms with Gasteiger partial charge in [-0.25, -0.2) is 0 Å². The van der Waals surface area contributed by atoms with Crippen LogP contribution in [0.5, 0.6) is 0 Å². The van der Waals surface area contributed by atoms with Crippen molar-refractivity contribution < 1.29 is 0 Å². The van der Waals surface area contributed by atoms with Crippen molar-refractivity contribution in [2.45, 2.75) is 97.7 Å². The third-order valence-electron chi connectivity index (χ3n) is 5.72. The van der Waals surface area contributed by atoms with Gasteiger partial charge < -0.3 is 0 Å². The first-order chi connectivity index (χ1) is 14.4. The predicted molar refractivity (Wildman–Crippen MR) is 143 cm³/mol. The van der Waals surface area contributed by atoms with Gasteiger partial charge in [0.1, 0.15) is 8.07 Å². The number of fused-ring (bicyclic) bond motifs is 3. The van der Waals surface area contributed by atoms with E-state index in [9.17, 15) is 0 Å². The van der Waals surface area contributed by atoms with E-state index in [-0.39, 0.29) is 0 Å². The second-order valence-electron chi connectivity index (χ2n) is 9.60. The average molecular weight is 455 g/mol. The highest BCUT2D eigenvalue weighted by atomic mass is 32.1. The molecule has 0 N–H and O–H groups in total. The lowest BCUT2D eigenvalue weighted by molar-refractivity contribution is 0.654. The van der Waals surface area contributed by atoms with E-state index in [1.165, 1.54) is 84.6 Å². The first kappa shape index (κ1) is 23.6. The summed E-state index contributed by atoms with van der Waals surface area (Å²) in [6, 6.07) is 4.74. The molecule has 0 nitrogen and oxygen atoms in total. The Hall–Kier alpha value is -1.08. The van der Waals surface area contributed by atoms with Crippen LogP contribution in [0.1, 0.15) is 81.2 Å². The van der Waals surface area contributed by atoms with Gasteiger partial charge >= 0.3 is 0 Å². The van der Waals surface area contributed by atoms with Crippen molar-refractivity contribution in [2.24, 2.45) is 0 Å². The molecule has 0 unspecified atom stereocenters. The Kier molecular flexibility index (Phi) is 8.63. The summed E-state index contributed by atoms with van der Waals surface area (Å²) in [5.41, 5.74) is 6.90. The van der Waals surface area contributed by atoms with Crippen LogP contribution >= 0.6 is 22.7 Å². The average Bonchev–Trinajstić information content (AvgIpc) is 3.34. The maximum atomic E-state index is 3.59. The molecular formula is C27H38S2Si.